The summed E-state index contributed by atoms with van der Waals surface area (Å²) in [5.41, 5.74) is -0.502. The first-order chi connectivity index (χ1) is 10.3. The molecule has 0 bridgehead atoms. The molecule has 0 fully saturated rings. The second-order valence-corrected chi connectivity index (χ2v) is 6.83. The van der Waals surface area contributed by atoms with Gasteiger partial charge in [-0.3, -0.25) is 9.59 Å². The van der Waals surface area contributed by atoms with Crippen LogP contribution in [-0.2, 0) is 19.1 Å². The van der Waals surface area contributed by atoms with Gasteiger partial charge in [0.15, 0.2) is 0 Å². The summed E-state index contributed by atoms with van der Waals surface area (Å²) >= 11 is 0. The smallest absolute Gasteiger partial charge is 0.310 e. The molecule has 0 aliphatic rings. The second-order valence-electron chi connectivity index (χ2n) is 6.83. The molecule has 130 valence electrons. The second kappa shape index (κ2) is 11.5. The molecule has 0 saturated carbocycles. The van der Waals surface area contributed by atoms with E-state index in [0.717, 1.165) is 12.8 Å². The van der Waals surface area contributed by atoms with Crippen molar-refractivity contribution in [3.05, 3.63) is 0 Å². The van der Waals surface area contributed by atoms with Gasteiger partial charge in [0.1, 0.15) is 11.7 Å². The van der Waals surface area contributed by atoms with E-state index < -0.39 is 5.60 Å². The summed E-state index contributed by atoms with van der Waals surface area (Å²) in [5, 5.41) is 0. The lowest BCUT2D eigenvalue weighted by atomic mass is 10.1. The highest BCUT2D eigenvalue weighted by atomic mass is 16.6. The van der Waals surface area contributed by atoms with E-state index in [9.17, 15) is 9.59 Å². The van der Waals surface area contributed by atoms with E-state index in [-0.39, 0.29) is 24.5 Å². The van der Waals surface area contributed by atoms with Gasteiger partial charge in [0.2, 0.25) is 0 Å². The largest absolute Gasteiger partial charge is 0.462 e. The highest BCUT2D eigenvalue weighted by Gasteiger charge is 2.21. The number of unbranched alkanes of at least 4 members (excludes halogenated alkanes) is 5. The summed E-state index contributed by atoms with van der Waals surface area (Å²) in [7, 11) is 0. The minimum absolute atomic E-state index is 0.135. The lowest BCUT2D eigenvalue weighted by Gasteiger charge is -2.22. The summed E-state index contributed by atoms with van der Waals surface area (Å²) in [4.78, 5) is 23.6. The van der Waals surface area contributed by atoms with Crippen molar-refractivity contribution >= 4 is 11.9 Å². The van der Waals surface area contributed by atoms with Gasteiger partial charge in [0, 0.05) is 6.42 Å². The number of rotatable bonds is 11. The van der Waals surface area contributed by atoms with Crippen molar-refractivity contribution in [2.45, 2.75) is 104 Å². The van der Waals surface area contributed by atoms with Crippen molar-refractivity contribution in [1.82, 2.24) is 0 Å². The molecule has 0 aromatic rings. The van der Waals surface area contributed by atoms with Crippen molar-refractivity contribution in [1.29, 1.82) is 0 Å². The van der Waals surface area contributed by atoms with E-state index in [2.05, 4.69) is 6.92 Å². The Morgan fingerprint density at radius 1 is 0.909 bits per heavy atom. The van der Waals surface area contributed by atoms with Gasteiger partial charge in [-0.05, 0) is 33.6 Å². The molecule has 22 heavy (non-hydrogen) atoms. The zero-order chi connectivity index (χ0) is 17.0. The van der Waals surface area contributed by atoms with Gasteiger partial charge in [-0.15, -0.1) is 0 Å². The Morgan fingerprint density at radius 3 is 2.05 bits per heavy atom. The first kappa shape index (κ1) is 20.9. The SMILES string of the molecule is CCCCCCCCC(=O)OC(CC)CC(=O)OC(C)(C)C. The highest BCUT2D eigenvalue weighted by molar-refractivity contribution is 5.72. The normalized spacial score (nSPS) is 12.8. The van der Waals surface area contributed by atoms with Crippen LogP contribution in [0.15, 0.2) is 0 Å². The molecule has 0 radical (unpaired) electrons. The van der Waals surface area contributed by atoms with E-state index >= 15 is 0 Å². The lowest BCUT2D eigenvalue weighted by molar-refractivity contribution is -0.161. The Morgan fingerprint density at radius 2 is 1.50 bits per heavy atom. The van der Waals surface area contributed by atoms with Gasteiger partial charge in [-0.1, -0.05) is 46.0 Å². The van der Waals surface area contributed by atoms with Crippen molar-refractivity contribution < 1.29 is 19.1 Å². The molecular formula is C18H34O4. The Bertz CT molecular complexity index is 318. The Balaban J connectivity index is 3.91. The summed E-state index contributed by atoms with van der Waals surface area (Å²) in [6.45, 7) is 9.59. The number of hydrogen-bond acceptors (Lipinski definition) is 4. The molecular weight excluding hydrogens is 280 g/mol. The molecule has 0 heterocycles. The molecule has 0 saturated heterocycles. The maximum absolute atomic E-state index is 11.8. The fourth-order valence-corrected chi connectivity index (χ4v) is 2.13. The molecule has 0 rings (SSSR count). The van der Waals surface area contributed by atoms with Crippen molar-refractivity contribution in [2.24, 2.45) is 0 Å². The topological polar surface area (TPSA) is 52.6 Å². The first-order valence-corrected chi connectivity index (χ1v) is 8.69. The Hall–Kier alpha value is -1.06. The molecule has 1 atom stereocenters. The maximum atomic E-state index is 11.8. The molecule has 0 aliphatic carbocycles. The van der Waals surface area contributed by atoms with Crippen LogP contribution < -0.4 is 0 Å². The molecule has 0 amide bonds. The number of carbonyl (C=O) groups is 2. The third-order valence-electron chi connectivity index (χ3n) is 3.30. The van der Waals surface area contributed by atoms with Crippen LogP contribution in [0, 0.1) is 0 Å². The van der Waals surface area contributed by atoms with Crippen LogP contribution in [0.25, 0.3) is 0 Å². The zero-order valence-electron chi connectivity index (χ0n) is 15.1. The monoisotopic (exact) mass is 314 g/mol. The summed E-state index contributed by atoms with van der Waals surface area (Å²) in [6.07, 6.45) is 7.67. The molecule has 4 heteroatoms. The molecule has 0 aromatic heterocycles. The molecule has 0 aliphatic heterocycles. The lowest BCUT2D eigenvalue weighted by Crippen LogP contribution is -2.28. The van der Waals surface area contributed by atoms with Gasteiger partial charge in [0.25, 0.3) is 0 Å². The van der Waals surface area contributed by atoms with Crippen molar-refractivity contribution in [3.8, 4) is 0 Å². The zero-order valence-corrected chi connectivity index (χ0v) is 15.1. The highest BCUT2D eigenvalue weighted by Crippen LogP contribution is 2.14. The summed E-state index contributed by atoms with van der Waals surface area (Å²) < 4.78 is 10.6. The number of ether oxygens (including phenoxy) is 2. The Kier molecular flexibility index (Phi) is 10.9. The van der Waals surface area contributed by atoms with Crippen molar-refractivity contribution in [2.75, 3.05) is 0 Å². The van der Waals surface area contributed by atoms with E-state index in [1.54, 1.807) is 0 Å². The first-order valence-electron chi connectivity index (χ1n) is 8.69. The fourth-order valence-electron chi connectivity index (χ4n) is 2.13. The van der Waals surface area contributed by atoms with Crippen LogP contribution in [0.5, 0.6) is 0 Å². The molecule has 0 aromatic carbocycles. The van der Waals surface area contributed by atoms with Crippen molar-refractivity contribution in [3.63, 3.8) is 0 Å². The van der Waals surface area contributed by atoms with Crippen LogP contribution in [0.1, 0.15) is 92.4 Å². The minimum Gasteiger partial charge on any atom is -0.462 e. The van der Waals surface area contributed by atoms with E-state index in [1.165, 1.54) is 25.7 Å². The van der Waals surface area contributed by atoms with Crippen LogP contribution in [-0.4, -0.2) is 23.6 Å². The fraction of sp³-hybridized carbons (Fsp3) is 0.889. The summed E-state index contributed by atoms with van der Waals surface area (Å²) in [5.74, 6) is -0.516. The quantitative estimate of drug-likeness (QED) is 0.406. The van der Waals surface area contributed by atoms with Gasteiger partial charge in [0.05, 0.1) is 6.42 Å². The van der Waals surface area contributed by atoms with Crippen LogP contribution in [0.3, 0.4) is 0 Å². The van der Waals surface area contributed by atoms with Crippen LogP contribution in [0.2, 0.25) is 0 Å². The average Bonchev–Trinajstić information content (AvgIpc) is 2.39. The van der Waals surface area contributed by atoms with Gasteiger partial charge in [-0.25, -0.2) is 0 Å². The standard InChI is InChI=1S/C18H34O4/c1-6-8-9-10-11-12-13-16(19)21-15(7-2)14-17(20)22-18(3,4)5/h15H,6-14H2,1-5H3. The minimum atomic E-state index is -0.502. The van der Waals surface area contributed by atoms with Gasteiger partial charge < -0.3 is 9.47 Å². The van der Waals surface area contributed by atoms with Crippen LogP contribution in [0.4, 0.5) is 0 Å². The molecule has 0 spiro atoms. The molecule has 4 nitrogen and oxygen atoms in total. The third kappa shape index (κ3) is 12.7. The van der Waals surface area contributed by atoms with E-state index in [0.29, 0.717) is 12.8 Å². The Labute approximate surface area is 135 Å². The predicted octanol–water partition coefficient (Wildman–Crippen LogP) is 4.79. The number of hydrogen-bond donors (Lipinski definition) is 0. The van der Waals surface area contributed by atoms with Gasteiger partial charge >= 0.3 is 11.9 Å². The van der Waals surface area contributed by atoms with Gasteiger partial charge in [-0.2, -0.15) is 0 Å². The van der Waals surface area contributed by atoms with E-state index in [1.807, 2.05) is 27.7 Å². The number of esters is 2. The van der Waals surface area contributed by atoms with Crippen LogP contribution >= 0.6 is 0 Å². The molecule has 1 unspecified atom stereocenters. The number of carbonyl (C=O) groups excluding carboxylic acids is 2. The summed E-state index contributed by atoms with van der Waals surface area (Å²) in [6, 6.07) is 0. The maximum Gasteiger partial charge on any atom is 0.310 e. The predicted molar refractivity (Wildman–Crippen MR) is 88.6 cm³/mol. The third-order valence-corrected chi connectivity index (χ3v) is 3.30. The van der Waals surface area contributed by atoms with E-state index in [4.69, 9.17) is 9.47 Å². The molecule has 0 N–H and O–H groups in total. The average molecular weight is 314 g/mol.